The maximum atomic E-state index is 14.1. The van der Waals surface area contributed by atoms with E-state index in [2.05, 4.69) is 27.5 Å². The van der Waals surface area contributed by atoms with E-state index in [-0.39, 0.29) is 34.5 Å². The minimum atomic E-state index is -1.54. The molecule has 0 fully saturated rings. The van der Waals surface area contributed by atoms with Gasteiger partial charge in [-0.2, -0.15) is 4.98 Å². The monoisotopic (exact) mass is 498 g/mol. The Labute approximate surface area is 208 Å². The number of rotatable bonds is 9. The van der Waals surface area contributed by atoms with Crippen LogP contribution in [0.3, 0.4) is 0 Å². The highest BCUT2D eigenvalue weighted by molar-refractivity contribution is 7.90. The predicted molar refractivity (Wildman–Crippen MR) is 137 cm³/mol. The molecule has 3 unspecified atom stereocenters. The summed E-state index contributed by atoms with van der Waals surface area (Å²) in [4.78, 5) is 24.9. The topological polar surface area (TPSA) is 84.5 Å². The Morgan fingerprint density at radius 1 is 1.37 bits per heavy atom. The molecule has 1 N–H and O–H groups in total. The largest absolute Gasteiger partial charge is 0.609 e. The number of fused-ring (bicyclic) bond motifs is 2. The van der Waals surface area contributed by atoms with Crippen molar-refractivity contribution in [1.82, 2.24) is 14.9 Å². The Kier molecular flexibility index (Phi) is 7.49. The lowest BCUT2D eigenvalue weighted by Crippen LogP contribution is -2.48. The molecule has 1 aliphatic heterocycles. The number of halogens is 1. The van der Waals surface area contributed by atoms with Crippen molar-refractivity contribution in [2.75, 3.05) is 32.1 Å². The summed E-state index contributed by atoms with van der Waals surface area (Å²) < 4.78 is 32.5. The molecule has 1 aliphatic rings. The van der Waals surface area contributed by atoms with Gasteiger partial charge in [-0.05, 0) is 26.0 Å². The maximum absolute atomic E-state index is 14.1. The molecule has 4 rings (SSSR count). The van der Waals surface area contributed by atoms with E-state index in [1.165, 1.54) is 19.2 Å². The fourth-order valence-electron chi connectivity index (χ4n) is 4.99. The first-order valence-electron chi connectivity index (χ1n) is 11.7. The van der Waals surface area contributed by atoms with E-state index in [1.54, 1.807) is 0 Å². The number of likely N-dealkylation sites (N-methyl/N-ethyl adjacent to an activating group) is 1. The van der Waals surface area contributed by atoms with Gasteiger partial charge in [0.25, 0.3) is 0 Å². The molecule has 0 radical (unpaired) electrons. The molecule has 0 aliphatic carbocycles. The molecule has 35 heavy (non-hydrogen) atoms. The van der Waals surface area contributed by atoms with Crippen molar-refractivity contribution in [1.29, 1.82) is 0 Å². The molecule has 0 saturated heterocycles. The van der Waals surface area contributed by atoms with Crippen molar-refractivity contribution in [2.45, 2.75) is 37.2 Å². The van der Waals surface area contributed by atoms with Crippen LogP contribution in [0.5, 0.6) is 5.75 Å². The third-order valence-electron chi connectivity index (χ3n) is 6.59. The van der Waals surface area contributed by atoms with Gasteiger partial charge in [-0.1, -0.05) is 31.2 Å². The summed E-state index contributed by atoms with van der Waals surface area (Å²) in [6, 6.07) is 8.59. The molecular weight excluding hydrogens is 467 g/mol. The van der Waals surface area contributed by atoms with Gasteiger partial charge in [-0.3, -0.25) is 14.7 Å². The van der Waals surface area contributed by atoms with Crippen molar-refractivity contribution in [3.8, 4) is 5.75 Å². The number of amides is 1. The van der Waals surface area contributed by atoms with E-state index in [0.29, 0.717) is 24.1 Å². The normalized spacial score (nSPS) is 18.7. The van der Waals surface area contributed by atoms with Crippen molar-refractivity contribution in [3.05, 3.63) is 59.9 Å². The molecule has 3 aromatic rings. The fourth-order valence-corrected chi connectivity index (χ4v) is 6.07. The number of nitrogens with zero attached hydrogens (tertiary/aromatic N) is 3. The number of ether oxygens (including phenoxy) is 1. The predicted octanol–water partition coefficient (Wildman–Crippen LogP) is 4.57. The number of hydrogen-bond acceptors (Lipinski definition) is 5. The number of carbonyl (C=O) groups excluding carboxylic acids is 1. The van der Waals surface area contributed by atoms with E-state index in [9.17, 15) is 13.7 Å². The number of benzene rings is 2. The first-order chi connectivity index (χ1) is 16.8. The second-order valence-corrected chi connectivity index (χ2v) is 10.0. The van der Waals surface area contributed by atoms with E-state index in [4.69, 9.17) is 4.74 Å². The van der Waals surface area contributed by atoms with E-state index < -0.39 is 17.0 Å². The van der Waals surface area contributed by atoms with Gasteiger partial charge < -0.3 is 14.2 Å². The number of aromatic nitrogens is 2. The lowest BCUT2D eigenvalue weighted by molar-refractivity contribution is -0.125. The zero-order valence-corrected chi connectivity index (χ0v) is 21.3. The smallest absolute Gasteiger partial charge is 0.321 e. The number of para-hydroxylation sites is 1. The van der Waals surface area contributed by atoms with Crippen molar-refractivity contribution < 1.29 is 18.5 Å². The third kappa shape index (κ3) is 4.55. The summed E-state index contributed by atoms with van der Waals surface area (Å²) >= 11 is -1.54. The highest BCUT2D eigenvalue weighted by Gasteiger charge is 2.42. The Hall–Kier alpha value is -2.88. The zero-order valence-electron chi connectivity index (χ0n) is 20.5. The van der Waals surface area contributed by atoms with Crippen molar-refractivity contribution in [3.63, 3.8) is 0 Å². The number of anilines is 1. The van der Waals surface area contributed by atoms with Gasteiger partial charge in [0.05, 0.1) is 29.7 Å². The van der Waals surface area contributed by atoms with Crippen molar-refractivity contribution in [2.24, 2.45) is 5.92 Å². The number of methoxy groups -OCH3 is 1. The Bertz CT molecular complexity index is 1250. The number of hydrogen-bond donors (Lipinski definition) is 1. The molecule has 2 aromatic carbocycles. The summed E-state index contributed by atoms with van der Waals surface area (Å²) in [5, 5.41) is 0.252. The van der Waals surface area contributed by atoms with Gasteiger partial charge in [0.1, 0.15) is 5.75 Å². The average Bonchev–Trinajstić information content (AvgIpc) is 3.26. The Morgan fingerprint density at radius 3 is 2.80 bits per heavy atom. The van der Waals surface area contributed by atoms with Crippen LogP contribution in [0.4, 0.5) is 10.1 Å². The van der Waals surface area contributed by atoms with Gasteiger partial charge in [0, 0.05) is 48.0 Å². The fraction of sp³-hybridized carbons (Fsp3) is 0.385. The molecule has 2 heterocycles. The quantitative estimate of drug-likeness (QED) is 0.345. The highest BCUT2D eigenvalue weighted by atomic mass is 32.2. The standard InChI is InChI=1S/C26H31FN4O3S/c1-6-12-30(4)24-17(7-2)25(32)31(8-3)23-16(10-9-11-18(23)24)15-35(33)26-28-20-13-19(27)22(34-5)14-21(20)29-26/h6,9-11,13-14,17,24H,1,7-8,12,15H2,2-5H3,(H,28,29). The molecule has 0 bridgehead atoms. The lowest BCUT2D eigenvalue weighted by atomic mass is 9.82. The van der Waals surface area contributed by atoms with Crippen LogP contribution in [0.15, 0.2) is 48.1 Å². The third-order valence-corrected chi connectivity index (χ3v) is 7.79. The molecule has 0 spiro atoms. The van der Waals surface area contributed by atoms with Crippen LogP contribution in [0.2, 0.25) is 0 Å². The average molecular weight is 499 g/mol. The van der Waals surface area contributed by atoms with Crippen LogP contribution >= 0.6 is 0 Å². The van der Waals surface area contributed by atoms with Gasteiger partial charge in [0.2, 0.25) is 5.91 Å². The summed E-state index contributed by atoms with van der Waals surface area (Å²) in [6.45, 7) is 9.02. The van der Waals surface area contributed by atoms with Crippen molar-refractivity contribution >= 4 is 33.8 Å². The summed E-state index contributed by atoms with van der Waals surface area (Å²) in [5.41, 5.74) is 3.61. The Balaban J connectivity index is 1.74. The van der Waals surface area contributed by atoms with E-state index in [1.807, 2.05) is 44.0 Å². The number of carbonyl (C=O) groups is 1. The number of imidazole rings is 1. The summed E-state index contributed by atoms with van der Waals surface area (Å²) in [5.74, 6) is -0.367. The highest BCUT2D eigenvalue weighted by Crippen LogP contribution is 2.44. The first-order valence-corrected chi connectivity index (χ1v) is 13.0. The van der Waals surface area contributed by atoms with E-state index in [0.717, 1.165) is 23.2 Å². The van der Waals surface area contributed by atoms with Gasteiger partial charge in [0.15, 0.2) is 11.6 Å². The molecular formula is C26H31FN4O3S. The number of nitrogens with one attached hydrogen (secondary N) is 1. The summed E-state index contributed by atoms with van der Waals surface area (Å²) in [7, 11) is 3.39. The maximum Gasteiger partial charge on any atom is 0.321 e. The van der Waals surface area contributed by atoms with Crippen LogP contribution in [0, 0.1) is 11.7 Å². The van der Waals surface area contributed by atoms with Gasteiger partial charge in [-0.15, -0.1) is 6.58 Å². The first kappa shape index (κ1) is 25.2. The lowest BCUT2D eigenvalue weighted by Gasteiger charge is -2.43. The second-order valence-electron chi connectivity index (χ2n) is 8.66. The molecule has 9 heteroatoms. The molecule has 186 valence electrons. The second kappa shape index (κ2) is 10.4. The van der Waals surface area contributed by atoms with Crippen LogP contribution < -0.4 is 9.64 Å². The molecule has 7 nitrogen and oxygen atoms in total. The Morgan fingerprint density at radius 2 is 2.14 bits per heavy atom. The van der Waals surface area contributed by atoms with Crippen LogP contribution in [-0.2, 0) is 21.7 Å². The minimum absolute atomic E-state index is 0.0768. The summed E-state index contributed by atoms with van der Waals surface area (Å²) in [6.07, 6.45) is 2.55. The zero-order chi connectivity index (χ0) is 25.3. The van der Waals surface area contributed by atoms with Gasteiger partial charge in [-0.25, -0.2) is 4.39 Å². The molecule has 1 amide bonds. The number of H-pyrrole nitrogens is 1. The molecule has 3 atom stereocenters. The SMILES string of the molecule is C=CCN(C)C1c2cccc(C[S+]([O-])c3nc4cc(F)c(OC)cc4[nH]3)c2N(CC)C(=O)C1CC. The van der Waals surface area contributed by atoms with Crippen LogP contribution in [-0.4, -0.2) is 52.6 Å². The van der Waals surface area contributed by atoms with Gasteiger partial charge >= 0.3 is 5.16 Å². The van der Waals surface area contributed by atoms with Crippen LogP contribution in [0.25, 0.3) is 11.0 Å². The van der Waals surface area contributed by atoms with Crippen LogP contribution in [0.1, 0.15) is 37.4 Å². The van der Waals surface area contributed by atoms with E-state index >= 15 is 0 Å². The molecule has 1 aromatic heterocycles. The molecule has 0 saturated carbocycles. The number of aromatic amines is 1. The minimum Gasteiger partial charge on any atom is -0.609 e.